The number of fused-ring (bicyclic) bond motifs is 1. The van der Waals surface area contributed by atoms with Crippen molar-refractivity contribution in [2.75, 3.05) is 26.7 Å². The third-order valence-corrected chi connectivity index (χ3v) is 4.06. The van der Waals surface area contributed by atoms with E-state index >= 15 is 0 Å². The fraction of sp³-hybridized carbons (Fsp3) is 1.00. The molecule has 2 aliphatic heterocycles. The number of piperidine rings is 1. The molecule has 116 valence electrons. The van der Waals surface area contributed by atoms with Gasteiger partial charge in [0.2, 0.25) is 0 Å². The third-order valence-electron chi connectivity index (χ3n) is 4.06. The highest BCUT2D eigenvalue weighted by molar-refractivity contribution is 5.01. The van der Waals surface area contributed by atoms with Gasteiger partial charge in [0.1, 0.15) is 0 Å². The van der Waals surface area contributed by atoms with E-state index in [0.717, 1.165) is 18.0 Å². The monoisotopic (exact) mass is 270 g/mol. The van der Waals surface area contributed by atoms with Gasteiger partial charge in [0.15, 0.2) is 0 Å². The van der Waals surface area contributed by atoms with Crippen molar-refractivity contribution in [1.82, 2.24) is 9.80 Å². The molecule has 2 heterocycles. The molecule has 0 amide bonds. The topological polar surface area (TPSA) is 6.48 Å². The molecule has 0 N–H and O–H groups in total. The van der Waals surface area contributed by atoms with Gasteiger partial charge < -0.3 is 4.90 Å². The van der Waals surface area contributed by atoms with Gasteiger partial charge in [-0.3, -0.25) is 4.90 Å². The van der Waals surface area contributed by atoms with Crippen molar-refractivity contribution < 1.29 is 0 Å². The summed E-state index contributed by atoms with van der Waals surface area (Å²) in [6.45, 7) is 16.6. The minimum absolute atomic E-state index is 0.794. The molecule has 2 nitrogen and oxygen atoms in total. The summed E-state index contributed by atoms with van der Waals surface area (Å²) in [5, 5.41) is 0. The van der Waals surface area contributed by atoms with Crippen LogP contribution in [0.1, 0.15) is 67.2 Å². The molecule has 0 aromatic heterocycles. The standard InChI is InChI=1S/C8H15N.C5H11N.2C2H6/c1-6(2)9-4-3-7-5-8(7)9;1-6-4-2-3-5-6;2*1-2/h6-8H,3-5H2,1-2H3;2-5H2,1H3;2*1-2H3. The van der Waals surface area contributed by atoms with Crippen LogP contribution in [0.15, 0.2) is 0 Å². The molecule has 2 unspecified atom stereocenters. The van der Waals surface area contributed by atoms with Crippen molar-refractivity contribution in [2.45, 2.75) is 79.3 Å². The van der Waals surface area contributed by atoms with Crippen LogP contribution in [0.3, 0.4) is 0 Å². The van der Waals surface area contributed by atoms with Crippen molar-refractivity contribution in [3.05, 3.63) is 0 Å². The molecule has 1 aliphatic carbocycles. The number of hydrogen-bond donors (Lipinski definition) is 0. The Morgan fingerprint density at radius 2 is 1.42 bits per heavy atom. The summed E-state index contributed by atoms with van der Waals surface area (Å²) in [6.07, 6.45) is 5.80. The molecule has 3 aliphatic rings. The highest BCUT2D eigenvalue weighted by Crippen LogP contribution is 2.45. The quantitative estimate of drug-likeness (QED) is 0.702. The highest BCUT2D eigenvalue weighted by Gasteiger charge is 2.47. The molecule has 0 bridgehead atoms. The van der Waals surface area contributed by atoms with Crippen molar-refractivity contribution in [3.63, 3.8) is 0 Å². The van der Waals surface area contributed by atoms with E-state index in [4.69, 9.17) is 0 Å². The van der Waals surface area contributed by atoms with Crippen LogP contribution < -0.4 is 0 Å². The smallest absolute Gasteiger partial charge is 0.0130 e. The Labute approximate surface area is 122 Å². The first-order chi connectivity index (χ1) is 9.18. The molecule has 0 aromatic carbocycles. The Kier molecular flexibility index (Phi) is 10.6. The summed E-state index contributed by atoms with van der Waals surface area (Å²) < 4.78 is 0. The zero-order valence-electron chi connectivity index (χ0n) is 14.6. The Balaban J connectivity index is 0.000000284. The van der Waals surface area contributed by atoms with Gasteiger partial charge >= 0.3 is 0 Å². The van der Waals surface area contributed by atoms with E-state index in [9.17, 15) is 0 Å². The number of rotatable bonds is 1. The van der Waals surface area contributed by atoms with E-state index in [1.54, 1.807) is 0 Å². The largest absolute Gasteiger partial charge is 0.306 e. The molecule has 2 saturated heterocycles. The van der Waals surface area contributed by atoms with Gasteiger partial charge in [-0.05, 0) is 72.1 Å². The normalized spacial score (nSPS) is 28.4. The summed E-state index contributed by atoms with van der Waals surface area (Å²) in [4.78, 5) is 5.00. The van der Waals surface area contributed by atoms with Crippen LogP contribution in [0.25, 0.3) is 0 Å². The van der Waals surface area contributed by atoms with Gasteiger partial charge in [-0.15, -0.1) is 0 Å². The molecule has 2 heteroatoms. The molecule has 1 saturated carbocycles. The first kappa shape index (κ1) is 18.9. The van der Waals surface area contributed by atoms with Gasteiger partial charge in [0, 0.05) is 12.1 Å². The van der Waals surface area contributed by atoms with Crippen LogP contribution in [0.5, 0.6) is 0 Å². The summed E-state index contributed by atoms with van der Waals surface area (Å²) in [5.41, 5.74) is 0. The Morgan fingerprint density at radius 3 is 1.58 bits per heavy atom. The summed E-state index contributed by atoms with van der Waals surface area (Å²) >= 11 is 0. The zero-order valence-corrected chi connectivity index (χ0v) is 14.6. The second-order valence-electron chi connectivity index (χ2n) is 5.69. The van der Waals surface area contributed by atoms with Gasteiger partial charge in [-0.25, -0.2) is 0 Å². The van der Waals surface area contributed by atoms with Gasteiger partial charge in [-0.1, -0.05) is 27.7 Å². The summed E-state index contributed by atoms with van der Waals surface area (Å²) in [5.74, 6) is 1.10. The van der Waals surface area contributed by atoms with Crippen LogP contribution in [-0.4, -0.2) is 48.6 Å². The van der Waals surface area contributed by atoms with Crippen molar-refractivity contribution in [2.24, 2.45) is 5.92 Å². The lowest BCUT2D eigenvalue weighted by Gasteiger charge is -2.21. The van der Waals surface area contributed by atoms with E-state index in [2.05, 4.69) is 30.7 Å². The molecule has 0 spiro atoms. The van der Waals surface area contributed by atoms with Crippen LogP contribution in [-0.2, 0) is 0 Å². The molecule has 0 radical (unpaired) electrons. The number of hydrogen-bond acceptors (Lipinski definition) is 2. The molecular formula is C17H38N2. The molecule has 3 rings (SSSR count). The minimum Gasteiger partial charge on any atom is -0.306 e. The third kappa shape index (κ3) is 6.76. The van der Waals surface area contributed by atoms with Crippen LogP contribution in [0.4, 0.5) is 0 Å². The maximum absolute atomic E-state index is 2.64. The van der Waals surface area contributed by atoms with E-state index in [1.165, 1.54) is 45.3 Å². The molecule has 19 heavy (non-hydrogen) atoms. The molecular weight excluding hydrogens is 232 g/mol. The van der Waals surface area contributed by atoms with Crippen molar-refractivity contribution >= 4 is 0 Å². The molecule has 2 atom stereocenters. The van der Waals surface area contributed by atoms with E-state index in [-0.39, 0.29) is 0 Å². The lowest BCUT2D eigenvalue weighted by molar-refractivity contribution is 0.242. The fourth-order valence-corrected chi connectivity index (χ4v) is 2.95. The molecule has 0 aromatic rings. The predicted octanol–water partition coefficient (Wildman–Crippen LogP) is 4.25. The first-order valence-corrected chi connectivity index (χ1v) is 8.63. The van der Waals surface area contributed by atoms with Crippen LogP contribution in [0, 0.1) is 5.92 Å². The van der Waals surface area contributed by atoms with Gasteiger partial charge in [-0.2, -0.15) is 0 Å². The highest BCUT2D eigenvalue weighted by atomic mass is 15.2. The maximum Gasteiger partial charge on any atom is 0.0130 e. The Morgan fingerprint density at radius 1 is 0.895 bits per heavy atom. The Bertz CT molecular complexity index is 197. The zero-order chi connectivity index (χ0) is 14.8. The second kappa shape index (κ2) is 10.7. The van der Waals surface area contributed by atoms with E-state index in [0.29, 0.717) is 0 Å². The van der Waals surface area contributed by atoms with Crippen LogP contribution >= 0.6 is 0 Å². The van der Waals surface area contributed by atoms with Crippen molar-refractivity contribution in [3.8, 4) is 0 Å². The summed E-state index contributed by atoms with van der Waals surface area (Å²) in [6, 6.07) is 1.80. The minimum atomic E-state index is 0.794. The van der Waals surface area contributed by atoms with Gasteiger partial charge in [0.25, 0.3) is 0 Å². The van der Waals surface area contributed by atoms with Gasteiger partial charge in [0.05, 0.1) is 0 Å². The number of likely N-dealkylation sites (tertiary alicyclic amines) is 2. The van der Waals surface area contributed by atoms with Crippen LogP contribution in [0.2, 0.25) is 0 Å². The average Bonchev–Trinajstić information content (AvgIpc) is 2.86. The van der Waals surface area contributed by atoms with E-state index in [1.807, 2.05) is 27.7 Å². The summed E-state index contributed by atoms with van der Waals surface area (Å²) in [7, 11) is 2.17. The lowest BCUT2D eigenvalue weighted by atomic mass is 10.3. The Hall–Kier alpha value is -0.0800. The maximum atomic E-state index is 2.64. The SMILES string of the molecule is CC.CC.CC(C)N1CCC2CC21.CN1CCCC1. The predicted molar refractivity (Wildman–Crippen MR) is 87.8 cm³/mol. The molecule has 3 fully saturated rings. The van der Waals surface area contributed by atoms with Crippen molar-refractivity contribution in [1.29, 1.82) is 0 Å². The first-order valence-electron chi connectivity index (χ1n) is 8.63. The number of nitrogens with zero attached hydrogens (tertiary/aromatic N) is 2. The fourth-order valence-electron chi connectivity index (χ4n) is 2.95. The lowest BCUT2D eigenvalue weighted by Crippen LogP contribution is -2.30. The van der Waals surface area contributed by atoms with E-state index < -0.39 is 0 Å². The average molecular weight is 271 g/mol. The second-order valence-corrected chi connectivity index (χ2v) is 5.69.